The van der Waals surface area contributed by atoms with Crippen LogP contribution in [0.5, 0.6) is 0 Å². The lowest BCUT2D eigenvalue weighted by Crippen LogP contribution is -2.04. The van der Waals surface area contributed by atoms with E-state index in [0.717, 1.165) is 12.7 Å². The number of carbonyl (C=O) groups excluding carboxylic acids is 1. The molecule has 0 saturated heterocycles. The van der Waals surface area contributed by atoms with Crippen LogP contribution in [0.3, 0.4) is 0 Å². The Kier molecular flexibility index (Phi) is 5.08. The van der Waals surface area contributed by atoms with Crippen LogP contribution >= 0.6 is 0 Å². The molecule has 3 heteroatoms. The van der Waals surface area contributed by atoms with E-state index in [0.29, 0.717) is 13.3 Å². The topological polar surface area (TPSA) is 26.3 Å². The Bertz CT molecular complexity index is 102. The SMILES string of the molecule is CB(C)CCCOC(C)=O. The first-order chi connectivity index (χ1) is 4.63. The van der Waals surface area contributed by atoms with E-state index in [1.54, 1.807) is 0 Å². The summed E-state index contributed by atoms with van der Waals surface area (Å²) in [6, 6.07) is 0. The summed E-state index contributed by atoms with van der Waals surface area (Å²) in [6.45, 7) is 7.04. The largest absolute Gasteiger partial charge is 0.466 e. The van der Waals surface area contributed by atoms with Crippen molar-refractivity contribution < 1.29 is 9.53 Å². The quantitative estimate of drug-likeness (QED) is 0.339. The van der Waals surface area contributed by atoms with Crippen molar-refractivity contribution in [1.82, 2.24) is 0 Å². The van der Waals surface area contributed by atoms with Crippen LogP contribution < -0.4 is 0 Å². The fraction of sp³-hybridized carbons (Fsp3) is 0.857. The standard InChI is InChI=1S/C7H15BO2/c1-7(9)10-6-4-5-8(2)3/h4-6H2,1-3H3. The van der Waals surface area contributed by atoms with Gasteiger partial charge < -0.3 is 4.74 Å². The van der Waals surface area contributed by atoms with Crippen LogP contribution in [0.15, 0.2) is 0 Å². The predicted molar refractivity (Wildman–Crippen MR) is 43.5 cm³/mol. The summed E-state index contributed by atoms with van der Waals surface area (Å²) in [5, 5.41) is 0. The second-order valence-corrected chi connectivity index (χ2v) is 2.88. The molecule has 2 nitrogen and oxygen atoms in total. The zero-order chi connectivity index (χ0) is 7.98. The van der Waals surface area contributed by atoms with Gasteiger partial charge in [0, 0.05) is 6.92 Å². The van der Waals surface area contributed by atoms with E-state index in [4.69, 9.17) is 4.74 Å². The average Bonchev–Trinajstić information content (AvgIpc) is 1.79. The summed E-state index contributed by atoms with van der Waals surface area (Å²) in [5.41, 5.74) is 0. The summed E-state index contributed by atoms with van der Waals surface area (Å²) < 4.78 is 4.75. The Labute approximate surface area is 63.0 Å². The molecule has 0 aliphatic carbocycles. The van der Waals surface area contributed by atoms with Crippen LogP contribution in [0.25, 0.3) is 0 Å². The zero-order valence-electron chi connectivity index (χ0n) is 7.02. The lowest BCUT2D eigenvalue weighted by atomic mass is 9.52. The van der Waals surface area contributed by atoms with Crippen molar-refractivity contribution in [3.05, 3.63) is 0 Å². The molecule has 0 spiro atoms. The molecule has 0 aromatic carbocycles. The molecular weight excluding hydrogens is 127 g/mol. The Morgan fingerprint density at radius 2 is 2.10 bits per heavy atom. The zero-order valence-corrected chi connectivity index (χ0v) is 7.02. The second-order valence-electron chi connectivity index (χ2n) is 2.88. The molecule has 0 aliphatic heterocycles. The molecule has 0 atom stereocenters. The molecule has 0 radical (unpaired) electrons. The van der Waals surface area contributed by atoms with Crippen LogP contribution in [0.1, 0.15) is 13.3 Å². The summed E-state index contributed by atoms with van der Waals surface area (Å²) in [5.74, 6) is -0.177. The Balaban J connectivity index is 2.98. The molecule has 0 heterocycles. The van der Waals surface area contributed by atoms with Gasteiger partial charge in [0.15, 0.2) is 0 Å². The number of hydrogen-bond acceptors (Lipinski definition) is 2. The lowest BCUT2D eigenvalue weighted by Gasteiger charge is -2.01. The van der Waals surface area contributed by atoms with Gasteiger partial charge in [-0.2, -0.15) is 0 Å². The maximum atomic E-state index is 10.3. The van der Waals surface area contributed by atoms with Crippen LogP contribution in [0.2, 0.25) is 20.0 Å². The van der Waals surface area contributed by atoms with Crippen molar-refractivity contribution in [3.8, 4) is 0 Å². The van der Waals surface area contributed by atoms with E-state index in [1.165, 1.54) is 6.92 Å². The summed E-state index contributed by atoms with van der Waals surface area (Å²) in [6.07, 6.45) is 2.12. The number of rotatable bonds is 4. The number of carbonyl (C=O) groups is 1. The van der Waals surface area contributed by atoms with Crippen molar-refractivity contribution in [2.45, 2.75) is 33.3 Å². The van der Waals surface area contributed by atoms with Crippen LogP contribution in [0, 0.1) is 0 Å². The van der Waals surface area contributed by atoms with Gasteiger partial charge in [-0.1, -0.05) is 20.0 Å². The smallest absolute Gasteiger partial charge is 0.302 e. The maximum absolute atomic E-state index is 10.3. The lowest BCUT2D eigenvalue weighted by molar-refractivity contribution is -0.140. The average molecular weight is 142 g/mol. The van der Waals surface area contributed by atoms with Gasteiger partial charge in [0.1, 0.15) is 6.71 Å². The first-order valence-corrected chi connectivity index (χ1v) is 3.76. The summed E-state index contributed by atoms with van der Waals surface area (Å²) in [4.78, 5) is 10.3. The first-order valence-electron chi connectivity index (χ1n) is 3.76. The number of hydrogen-bond donors (Lipinski definition) is 0. The molecule has 58 valence electrons. The minimum absolute atomic E-state index is 0.177. The van der Waals surface area contributed by atoms with Gasteiger partial charge >= 0.3 is 5.97 Å². The Morgan fingerprint density at radius 1 is 1.50 bits per heavy atom. The molecule has 0 fully saturated rings. The van der Waals surface area contributed by atoms with Crippen LogP contribution in [-0.4, -0.2) is 19.3 Å². The molecule has 0 unspecified atom stereocenters. The van der Waals surface area contributed by atoms with Crippen molar-refractivity contribution in [1.29, 1.82) is 0 Å². The predicted octanol–water partition coefficient (Wildman–Crippen LogP) is 1.69. The van der Waals surface area contributed by atoms with Crippen LogP contribution in [0.4, 0.5) is 0 Å². The third-order valence-electron chi connectivity index (χ3n) is 1.23. The Hall–Kier alpha value is -0.465. The number of ether oxygens (including phenoxy) is 1. The Morgan fingerprint density at radius 3 is 2.50 bits per heavy atom. The van der Waals surface area contributed by atoms with Gasteiger partial charge in [-0.3, -0.25) is 4.79 Å². The highest BCUT2D eigenvalue weighted by Gasteiger charge is 1.98. The van der Waals surface area contributed by atoms with E-state index in [2.05, 4.69) is 13.6 Å². The highest BCUT2D eigenvalue weighted by Crippen LogP contribution is 1.96. The molecule has 0 rings (SSSR count). The molecule has 0 aromatic heterocycles. The maximum Gasteiger partial charge on any atom is 0.302 e. The molecule has 0 aromatic rings. The fourth-order valence-electron chi connectivity index (χ4n) is 0.707. The number of esters is 1. The van der Waals surface area contributed by atoms with Gasteiger partial charge in [0.2, 0.25) is 0 Å². The van der Waals surface area contributed by atoms with Gasteiger partial charge in [-0.15, -0.1) is 0 Å². The van der Waals surface area contributed by atoms with E-state index >= 15 is 0 Å². The molecule has 0 saturated carbocycles. The van der Waals surface area contributed by atoms with Crippen LogP contribution in [-0.2, 0) is 9.53 Å². The minimum atomic E-state index is -0.177. The van der Waals surface area contributed by atoms with Gasteiger partial charge in [0.05, 0.1) is 6.61 Å². The summed E-state index contributed by atoms with van der Waals surface area (Å²) in [7, 11) is 0. The highest BCUT2D eigenvalue weighted by molar-refractivity contribution is 6.55. The molecule has 0 aliphatic rings. The highest BCUT2D eigenvalue weighted by atomic mass is 16.5. The van der Waals surface area contributed by atoms with Crippen molar-refractivity contribution >= 4 is 12.7 Å². The molecule has 0 bridgehead atoms. The van der Waals surface area contributed by atoms with E-state index in [-0.39, 0.29) is 5.97 Å². The van der Waals surface area contributed by atoms with Gasteiger partial charge in [-0.25, -0.2) is 0 Å². The van der Waals surface area contributed by atoms with E-state index in [9.17, 15) is 4.79 Å². The summed E-state index contributed by atoms with van der Waals surface area (Å²) >= 11 is 0. The third kappa shape index (κ3) is 7.53. The fourth-order valence-corrected chi connectivity index (χ4v) is 0.707. The first kappa shape index (κ1) is 9.53. The van der Waals surface area contributed by atoms with E-state index in [1.807, 2.05) is 0 Å². The minimum Gasteiger partial charge on any atom is -0.466 e. The van der Waals surface area contributed by atoms with Crippen molar-refractivity contribution in [3.63, 3.8) is 0 Å². The normalized spacial score (nSPS) is 9.10. The van der Waals surface area contributed by atoms with Gasteiger partial charge in [0.25, 0.3) is 0 Å². The van der Waals surface area contributed by atoms with E-state index < -0.39 is 0 Å². The molecule has 0 amide bonds. The molecule has 0 N–H and O–H groups in total. The van der Waals surface area contributed by atoms with Crippen molar-refractivity contribution in [2.24, 2.45) is 0 Å². The monoisotopic (exact) mass is 142 g/mol. The molecule has 10 heavy (non-hydrogen) atoms. The van der Waals surface area contributed by atoms with Crippen molar-refractivity contribution in [2.75, 3.05) is 6.61 Å². The third-order valence-corrected chi connectivity index (χ3v) is 1.23. The molecular formula is C7H15BO2. The van der Waals surface area contributed by atoms with Gasteiger partial charge in [-0.05, 0) is 6.42 Å². The second kappa shape index (κ2) is 5.33.